The lowest BCUT2D eigenvalue weighted by atomic mass is 10.1. The Morgan fingerprint density at radius 1 is 1.44 bits per heavy atom. The molecule has 1 heterocycles. The van der Waals surface area contributed by atoms with Gasteiger partial charge in [-0.15, -0.1) is 0 Å². The minimum Gasteiger partial charge on any atom is -0.496 e. The Balaban J connectivity index is 1.88. The van der Waals surface area contributed by atoms with Crippen LogP contribution in [0.5, 0.6) is 5.75 Å². The van der Waals surface area contributed by atoms with Crippen LogP contribution >= 0.6 is 0 Å². The fourth-order valence-electron chi connectivity index (χ4n) is 2.50. The van der Waals surface area contributed by atoms with E-state index in [-0.39, 0.29) is 6.10 Å². The van der Waals surface area contributed by atoms with Gasteiger partial charge in [-0.05, 0) is 19.5 Å². The molecule has 4 nitrogen and oxygen atoms in total. The summed E-state index contributed by atoms with van der Waals surface area (Å²) < 4.78 is 5.35. The first-order chi connectivity index (χ1) is 8.69. The van der Waals surface area contributed by atoms with Crippen LogP contribution in [0.4, 0.5) is 0 Å². The third-order valence-electron chi connectivity index (χ3n) is 3.36. The summed E-state index contributed by atoms with van der Waals surface area (Å²) in [5.41, 5.74) is 1.20. The maximum atomic E-state index is 9.48. The fourth-order valence-corrected chi connectivity index (χ4v) is 2.50. The molecule has 0 aliphatic carbocycles. The van der Waals surface area contributed by atoms with Crippen molar-refractivity contribution < 1.29 is 9.84 Å². The number of aliphatic hydroxyl groups excluding tert-OH is 1. The smallest absolute Gasteiger partial charge is 0.123 e. The van der Waals surface area contributed by atoms with Gasteiger partial charge < -0.3 is 20.1 Å². The van der Waals surface area contributed by atoms with Gasteiger partial charge in [0.25, 0.3) is 0 Å². The molecule has 0 bridgehead atoms. The van der Waals surface area contributed by atoms with E-state index in [4.69, 9.17) is 4.74 Å². The minimum absolute atomic E-state index is 0.185. The topological polar surface area (TPSA) is 44.7 Å². The molecule has 4 heteroatoms. The minimum atomic E-state index is -0.185. The summed E-state index contributed by atoms with van der Waals surface area (Å²) >= 11 is 0. The number of likely N-dealkylation sites (N-methyl/N-ethyl adjacent to an activating group) is 1. The summed E-state index contributed by atoms with van der Waals surface area (Å²) in [5, 5.41) is 12.8. The first-order valence-electron chi connectivity index (χ1n) is 6.41. The number of aliphatic hydroxyl groups is 1. The molecule has 2 rings (SSSR count). The number of nitrogens with one attached hydrogen (secondary N) is 1. The summed E-state index contributed by atoms with van der Waals surface area (Å²) in [6.45, 7) is 2.51. The van der Waals surface area contributed by atoms with Crippen molar-refractivity contribution in [2.45, 2.75) is 25.1 Å². The normalized spacial score (nSPS) is 23.6. The largest absolute Gasteiger partial charge is 0.496 e. The van der Waals surface area contributed by atoms with E-state index in [2.05, 4.69) is 23.3 Å². The van der Waals surface area contributed by atoms with Crippen molar-refractivity contribution in [3.63, 3.8) is 0 Å². The Morgan fingerprint density at radius 3 is 2.89 bits per heavy atom. The van der Waals surface area contributed by atoms with E-state index >= 15 is 0 Å². The summed E-state index contributed by atoms with van der Waals surface area (Å²) in [4.78, 5) is 2.26. The van der Waals surface area contributed by atoms with Crippen molar-refractivity contribution in [1.82, 2.24) is 10.2 Å². The maximum absolute atomic E-state index is 9.48. The lowest BCUT2D eigenvalue weighted by molar-refractivity contribution is 0.189. The monoisotopic (exact) mass is 250 g/mol. The number of methoxy groups -OCH3 is 1. The van der Waals surface area contributed by atoms with Gasteiger partial charge in [-0.1, -0.05) is 18.2 Å². The zero-order valence-corrected chi connectivity index (χ0v) is 11.1. The summed E-state index contributed by atoms with van der Waals surface area (Å²) in [5.74, 6) is 0.934. The highest BCUT2D eigenvalue weighted by Crippen LogP contribution is 2.19. The molecule has 0 saturated carbocycles. The van der Waals surface area contributed by atoms with Gasteiger partial charge in [0.15, 0.2) is 0 Å². The molecule has 0 radical (unpaired) electrons. The van der Waals surface area contributed by atoms with Gasteiger partial charge in [0.05, 0.1) is 13.2 Å². The van der Waals surface area contributed by atoms with Crippen LogP contribution in [0.2, 0.25) is 0 Å². The fraction of sp³-hybridized carbons (Fsp3) is 0.571. The van der Waals surface area contributed by atoms with Gasteiger partial charge in [-0.2, -0.15) is 0 Å². The van der Waals surface area contributed by atoms with Crippen LogP contribution in [-0.4, -0.2) is 49.4 Å². The van der Waals surface area contributed by atoms with Crippen molar-refractivity contribution in [1.29, 1.82) is 0 Å². The zero-order valence-electron chi connectivity index (χ0n) is 11.1. The first kappa shape index (κ1) is 13.3. The van der Waals surface area contributed by atoms with Gasteiger partial charge in [-0.3, -0.25) is 0 Å². The van der Waals surface area contributed by atoms with Crippen molar-refractivity contribution in [3.8, 4) is 5.75 Å². The molecule has 1 aliphatic rings. The number of ether oxygens (including phenoxy) is 1. The highest BCUT2D eigenvalue weighted by molar-refractivity contribution is 5.33. The van der Waals surface area contributed by atoms with Crippen molar-refractivity contribution in [2.75, 3.05) is 27.2 Å². The van der Waals surface area contributed by atoms with Crippen LogP contribution in [-0.2, 0) is 6.54 Å². The summed E-state index contributed by atoms with van der Waals surface area (Å²) in [6, 6.07) is 8.48. The van der Waals surface area contributed by atoms with Crippen LogP contribution in [0, 0.1) is 0 Å². The van der Waals surface area contributed by atoms with Crippen molar-refractivity contribution in [3.05, 3.63) is 29.8 Å². The molecule has 0 aromatic heterocycles. The molecular formula is C14H22N2O2. The predicted molar refractivity (Wildman–Crippen MR) is 71.7 cm³/mol. The lowest BCUT2D eigenvalue weighted by Crippen LogP contribution is -2.35. The molecule has 100 valence electrons. The number of hydrogen-bond donors (Lipinski definition) is 2. The molecule has 0 spiro atoms. The summed E-state index contributed by atoms with van der Waals surface area (Å²) in [6.07, 6.45) is 0.658. The average Bonchev–Trinajstić information content (AvgIpc) is 2.75. The molecular weight excluding hydrogens is 228 g/mol. The Bertz CT molecular complexity index is 384. The van der Waals surface area contributed by atoms with Crippen molar-refractivity contribution in [2.24, 2.45) is 0 Å². The molecule has 1 aromatic rings. The SMILES string of the molecule is COc1ccccc1CN(C)CC1CC(O)CN1. The number of nitrogens with zero attached hydrogens (tertiary/aromatic N) is 1. The van der Waals surface area contributed by atoms with E-state index in [1.54, 1.807) is 7.11 Å². The van der Waals surface area contributed by atoms with Gasteiger partial charge in [0.1, 0.15) is 5.75 Å². The van der Waals surface area contributed by atoms with Gasteiger partial charge in [-0.25, -0.2) is 0 Å². The number of para-hydroxylation sites is 1. The van der Waals surface area contributed by atoms with Gasteiger partial charge in [0, 0.05) is 31.2 Å². The third-order valence-corrected chi connectivity index (χ3v) is 3.36. The number of β-amino-alcohol motifs (C(OH)–C–C–N with tert-alkyl or cyclic N) is 1. The highest BCUT2D eigenvalue weighted by Gasteiger charge is 2.23. The molecule has 1 aliphatic heterocycles. The number of rotatable bonds is 5. The molecule has 18 heavy (non-hydrogen) atoms. The van der Waals surface area contributed by atoms with Crippen LogP contribution < -0.4 is 10.1 Å². The molecule has 2 unspecified atom stereocenters. The molecule has 1 fully saturated rings. The van der Waals surface area contributed by atoms with E-state index in [0.29, 0.717) is 12.6 Å². The molecule has 1 saturated heterocycles. The number of benzene rings is 1. The molecule has 0 amide bonds. The predicted octanol–water partition coefficient (Wildman–Crippen LogP) is 0.850. The lowest BCUT2D eigenvalue weighted by Gasteiger charge is -2.22. The van der Waals surface area contributed by atoms with Crippen molar-refractivity contribution >= 4 is 0 Å². The molecule has 1 aromatic carbocycles. The Labute approximate surface area is 109 Å². The standard InChI is InChI=1S/C14H22N2O2/c1-16(10-12-7-13(17)8-15-12)9-11-5-3-4-6-14(11)18-2/h3-6,12-13,15,17H,7-10H2,1-2H3. The zero-order chi connectivity index (χ0) is 13.0. The van der Waals surface area contributed by atoms with E-state index in [9.17, 15) is 5.11 Å². The van der Waals surface area contributed by atoms with Crippen LogP contribution in [0.25, 0.3) is 0 Å². The van der Waals surface area contributed by atoms with Gasteiger partial charge >= 0.3 is 0 Å². The number of hydrogen-bond acceptors (Lipinski definition) is 4. The van der Waals surface area contributed by atoms with E-state index in [1.807, 2.05) is 18.2 Å². The average molecular weight is 250 g/mol. The Hall–Kier alpha value is -1.10. The quantitative estimate of drug-likeness (QED) is 0.813. The van der Waals surface area contributed by atoms with E-state index < -0.39 is 0 Å². The maximum Gasteiger partial charge on any atom is 0.123 e. The van der Waals surface area contributed by atoms with Gasteiger partial charge in [0.2, 0.25) is 0 Å². The highest BCUT2D eigenvalue weighted by atomic mass is 16.5. The summed E-state index contributed by atoms with van der Waals surface area (Å²) in [7, 11) is 3.80. The second-order valence-corrected chi connectivity index (χ2v) is 5.00. The first-order valence-corrected chi connectivity index (χ1v) is 6.41. The van der Waals surface area contributed by atoms with E-state index in [1.165, 1.54) is 5.56 Å². The molecule has 2 N–H and O–H groups in total. The second kappa shape index (κ2) is 6.18. The Kier molecular flexibility index (Phi) is 4.58. The van der Waals surface area contributed by atoms with Crippen LogP contribution in [0.15, 0.2) is 24.3 Å². The van der Waals surface area contributed by atoms with E-state index in [0.717, 1.165) is 25.3 Å². The van der Waals surface area contributed by atoms with Crippen LogP contribution in [0.1, 0.15) is 12.0 Å². The Morgan fingerprint density at radius 2 is 2.22 bits per heavy atom. The second-order valence-electron chi connectivity index (χ2n) is 5.00. The van der Waals surface area contributed by atoms with Crippen LogP contribution in [0.3, 0.4) is 0 Å². The molecule has 2 atom stereocenters. The third kappa shape index (κ3) is 3.45.